The molecule has 0 saturated heterocycles. The lowest BCUT2D eigenvalue weighted by Gasteiger charge is -2.34. The Kier molecular flexibility index (Phi) is 4.79. The summed E-state index contributed by atoms with van der Waals surface area (Å²) in [5.74, 6) is 0.586. The van der Waals surface area contributed by atoms with Crippen molar-refractivity contribution in [3.63, 3.8) is 0 Å². The van der Waals surface area contributed by atoms with Crippen molar-refractivity contribution in [2.75, 3.05) is 19.5 Å². The molecule has 1 amide bonds. The molecule has 0 atom stereocenters. The fourth-order valence-corrected chi connectivity index (χ4v) is 1.91. The maximum absolute atomic E-state index is 12.5. The van der Waals surface area contributed by atoms with E-state index in [0.29, 0.717) is 11.3 Å². The minimum atomic E-state index is -0.244. The van der Waals surface area contributed by atoms with Gasteiger partial charge in [-0.3, -0.25) is 4.79 Å². The number of aryl methyl sites for hydroxylation is 1. The van der Waals surface area contributed by atoms with E-state index in [9.17, 15) is 4.79 Å². The number of ether oxygens (including phenoxy) is 1. The molecule has 0 aliphatic rings. The van der Waals surface area contributed by atoms with Crippen LogP contribution in [0.3, 0.4) is 0 Å². The third-order valence-corrected chi connectivity index (χ3v) is 4.50. The molecule has 1 aromatic carbocycles. The second-order valence-corrected chi connectivity index (χ2v) is 5.57. The first kappa shape index (κ1) is 15.0. The zero-order valence-corrected chi connectivity index (χ0v) is 13.2. The number of rotatable bonds is 4. The summed E-state index contributed by atoms with van der Waals surface area (Å²) in [5.41, 5.74) is 1.41. The summed E-state index contributed by atoms with van der Waals surface area (Å²) >= 11 is 3.44. The van der Waals surface area contributed by atoms with Gasteiger partial charge in [0.05, 0.1) is 12.7 Å². The number of methoxy groups -OCH3 is 1. The average molecular weight is 314 g/mol. The van der Waals surface area contributed by atoms with Crippen molar-refractivity contribution in [3.8, 4) is 5.75 Å². The van der Waals surface area contributed by atoms with E-state index in [1.54, 1.807) is 12.0 Å². The van der Waals surface area contributed by atoms with Crippen LogP contribution in [0.5, 0.6) is 5.75 Å². The number of nitrogens with zero attached hydrogens (tertiary/aromatic N) is 1. The smallest absolute Gasteiger partial charge is 0.257 e. The Morgan fingerprint density at radius 1 is 1.44 bits per heavy atom. The number of carbonyl (C=O) groups is 1. The molecule has 0 spiro atoms. The van der Waals surface area contributed by atoms with Gasteiger partial charge in [0.15, 0.2) is 0 Å². The molecule has 4 heteroatoms. The lowest BCUT2D eigenvalue weighted by atomic mass is 10.0. The summed E-state index contributed by atoms with van der Waals surface area (Å²) in [4.78, 5) is 14.2. The van der Waals surface area contributed by atoms with Crippen LogP contribution in [0.25, 0.3) is 0 Å². The van der Waals surface area contributed by atoms with Crippen LogP contribution >= 0.6 is 15.9 Å². The Morgan fingerprint density at radius 3 is 2.56 bits per heavy atom. The number of amides is 1. The van der Waals surface area contributed by atoms with E-state index in [-0.39, 0.29) is 11.4 Å². The molecule has 3 nitrogen and oxygen atoms in total. The third kappa shape index (κ3) is 3.05. The van der Waals surface area contributed by atoms with Crippen molar-refractivity contribution in [1.29, 1.82) is 0 Å². The van der Waals surface area contributed by atoms with Crippen LogP contribution in [0, 0.1) is 6.92 Å². The van der Waals surface area contributed by atoms with Gasteiger partial charge in [-0.25, -0.2) is 0 Å². The molecule has 0 radical (unpaired) electrons. The van der Waals surface area contributed by atoms with Gasteiger partial charge in [0, 0.05) is 17.9 Å². The van der Waals surface area contributed by atoms with Gasteiger partial charge in [-0.05, 0) is 32.9 Å². The van der Waals surface area contributed by atoms with E-state index in [1.165, 1.54) is 0 Å². The highest BCUT2D eigenvalue weighted by Gasteiger charge is 2.28. The number of benzene rings is 1. The molecular weight excluding hydrogens is 294 g/mol. The molecule has 0 saturated carbocycles. The minimum absolute atomic E-state index is 0.0278. The molecule has 0 aliphatic carbocycles. The van der Waals surface area contributed by atoms with Crippen LogP contribution in [0.2, 0.25) is 0 Å². The summed E-state index contributed by atoms with van der Waals surface area (Å²) in [5, 5.41) is 0.719. The zero-order valence-electron chi connectivity index (χ0n) is 11.6. The number of alkyl halides is 1. The summed E-state index contributed by atoms with van der Waals surface area (Å²) in [7, 11) is 3.39. The Morgan fingerprint density at radius 2 is 2.06 bits per heavy atom. The SMILES string of the molecule is COc1ccc(C)cc1C(=O)N(C)C(C)(C)CBr. The number of hydrogen-bond donors (Lipinski definition) is 0. The monoisotopic (exact) mass is 313 g/mol. The van der Waals surface area contributed by atoms with E-state index in [4.69, 9.17) is 4.74 Å². The average Bonchev–Trinajstić information content (AvgIpc) is 2.36. The fourth-order valence-electron chi connectivity index (χ4n) is 1.53. The van der Waals surface area contributed by atoms with E-state index in [0.717, 1.165) is 10.9 Å². The maximum Gasteiger partial charge on any atom is 0.257 e. The molecule has 1 rings (SSSR count). The van der Waals surface area contributed by atoms with Crippen molar-refractivity contribution in [1.82, 2.24) is 4.90 Å². The van der Waals surface area contributed by atoms with Gasteiger partial charge in [-0.15, -0.1) is 0 Å². The fraction of sp³-hybridized carbons (Fsp3) is 0.500. The molecule has 18 heavy (non-hydrogen) atoms. The van der Waals surface area contributed by atoms with E-state index in [2.05, 4.69) is 15.9 Å². The molecular formula is C14H20BrNO2. The predicted octanol–water partition coefficient (Wildman–Crippen LogP) is 3.25. The Balaban J connectivity index is 3.14. The summed E-state index contributed by atoms with van der Waals surface area (Å²) in [6.07, 6.45) is 0. The van der Waals surface area contributed by atoms with Gasteiger partial charge >= 0.3 is 0 Å². The molecule has 0 bridgehead atoms. The maximum atomic E-state index is 12.5. The highest BCUT2D eigenvalue weighted by Crippen LogP contribution is 2.24. The molecule has 0 aliphatic heterocycles. The van der Waals surface area contributed by atoms with Crippen LogP contribution < -0.4 is 4.74 Å². The van der Waals surface area contributed by atoms with Crippen molar-refractivity contribution >= 4 is 21.8 Å². The van der Waals surface area contributed by atoms with Crippen molar-refractivity contribution in [2.24, 2.45) is 0 Å². The van der Waals surface area contributed by atoms with Crippen molar-refractivity contribution < 1.29 is 9.53 Å². The van der Waals surface area contributed by atoms with E-state index < -0.39 is 0 Å². The summed E-state index contributed by atoms with van der Waals surface area (Å²) < 4.78 is 5.26. The lowest BCUT2D eigenvalue weighted by molar-refractivity contribution is 0.0660. The summed E-state index contributed by atoms with van der Waals surface area (Å²) in [6, 6.07) is 5.63. The molecule has 0 unspecified atom stereocenters. The molecule has 0 heterocycles. The van der Waals surface area contributed by atoms with E-state index in [1.807, 2.05) is 46.0 Å². The molecule has 1 aromatic rings. The second-order valence-electron chi connectivity index (χ2n) is 5.01. The number of carbonyl (C=O) groups excluding carboxylic acids is 1. The molecule has 0 aromatic heterocycles. The minimum Gasteiger partial charge on any atom is -0.496 e. The highest BCUT2D eigenvalue weighted by molar-refractivity contribution is 9.09. The second kappa shape index (κ2) is 5.74. The first-order valence-corrected chi connectivity index (χ1v) is 6.94. The van der Waals surface area contributed by atoms with Gasteiger partial charge in [-0.2, -0.15) is 0 Å². The van der Waals surface area contributed by atoms with E-state index >= 15 is 0 Å². The molecule has 100 valence electrons. The zero-order chi connectivity index (χ0) is 13.9. The number of halogens is 1. The van der Waals surface area contributed by atoms with Gasteiger partial charge < -0.3 is 9.64 Å². The highest BCUT2D eigenvalue weighted by atomic mass is 79.9. The van der Waals surface area contributed by atoms with Crippen LogP contribution in [0.15, 0.2) is 18.2 Å². The Bertz CT molecular complexity index is 443. The number of hydrogen-bond acceptors (Lipinski definition) is 2. The largest absolute Gasteiger partial charge is 0.496 e. The van der Waals surface area contributed by atoms with Gasteiger partial charge in [0.1, 0.15) is 5.75 Å². The quantitative estimate of drug-likeness (QED) is 0.799. The lowest BCUT2D eigenvalue weighted by Crippen LogP contribution is -2.46. The standard InChI is InChI=1S/C14H20BrNO2/c1-10-6-7-12(18-5)11(8-10)13(17)16(4)14(2,3)9-15/h6-8H,9H2,1-5H3. The van der Waals surface area contributed by atoms with Gasteiger partial charge in [-0.1, -0.05) is 27.6 Å². The topological polar surface area (TPSA) is 29.5 Å². The normalized spacial score (nSPS) is 11.2. The van der Waals surface area contributed by atoms with Gasteiger partial charge in [0.2, 0.25) is 0 Å². The third-order valence-electron chi connectivity index (χ3n) is 3.13. The van der Waals surface area contributed by atoms with Crippen LogP contribution in [0.4, 0.5) is 0 Å². The first-order chi connectivity index (χ1) is 8.33. The van der Waals surface area contributed by atoms with Gasteiger partial charge in [0.25, 0.3) is 5.91 Å². The Hall–Kier alpha value is -1.03. The molecule has 0 fully saturated rings. The van der Waals surface area contributed by atoms with Crippen LogP contribution in [0.1, 0.15) is 29.8 Å². The Labute approximate surface area is 117 Å². The molecule has 0 N–H and O–H groups in total. The van der Waals surface area contributed by atoms with Crippen molar-refractivity contribution in [3.05, 3.63) is 29.3 Å². The van der Waals surface area contributed by atoms with Crippen molar-refractivity contribution in [2.45, 2.75) is 26.3 Å². The van der Waals surface area contributed by atoms with Crippen LogP contribution in [-0.2, 0) is 0 Å². The predicted molar refractivity (Wildman–Crippen MR) is 77.7 cm³/mol. The first-order valence-electron chi connectivity index (χ1n) is 5.82. The summed E-state index contributed by atoms with van der Waals surface area (Å²) in [6.45, 7) is 6.00. The van der Waals surface area contributed by atoms with Crippen LogP contribution in [-0.4, -0.2) is 35.8 Å².